The van der Waals surface area contributed by atoms with Crippen molar-refractivity contribution in [3.8, 4) is 11.4 Å². The number of amides is 1. The van der Waals surface area contributed by atoms with Gasteiger partial charge in [0.2, 0.25) is 11.9 Å². The quantitative estimate of drug-likeness (QED) is 0.742. The van der Waals surface area contributed by atoms with E-state index in [2.05, 4.69) is 20.4 Å². The third-order valence-corrected chi connectivity index (χ3v) is 4.56. The summed E-state index contributed by atoms with van der Waals surface area (Å²) in [5.74, 6) is 0.450. The Labute approximate surface area is 154 Å². The van der Waals surface area contributed by atoms with E-state index in [1.54, 1.807) is 36.1 Å². The van der Waals surface area contributed by atoms with Crippen LogP contribution in [0.3, 0.4) is 0 Å². The Hall–Kier alpha value is -3.19. The maximum Gasteiger partial charge on any atom is 0.248 e. The number of halogens is 1. The van der Waals surface area contributed by atoms with E-state index in [4.69, 9.17) is 17.3 Å². The summed E-state index contributed by atoms with van der Waals surface area (Å²) < 4.78 is 1.64. The highest BCUT2D eigenvalue weighted by Gasteiger charge is 2.33. The van der Waals surface area contributed by atoms with E-state index in [-0.39, 0.29) is 0 Å². The van der Waals surface area contributed by atoms with E-state index in [1.807, 2.05) is 24.3 Å². The number of nitrogens with one attached hydrogen (secondary N) is 1. The first-order chi connectivity index (χ1) is 12.6. The molecule has 4 rings (SSSR count). The van der Waals surface area contributed by atoms with Gasteiger partial charge in [-0.2, -0.15) is 4.98 Å². The Morgan fingerprint density at radius 1 is 1.27 bits per heavy atom. The molecule has 0 bridgehead atoms. The van der Waals surface area contributed by atoms with Crippen molar-refractivity contribution in [1.29, 1.82) is 0 Å². The van der Waals surface area contributed by atoms with Crippen molar-refractivity contribution in [1.82, 2.24) is 19.7 Å². The molecule has 3 heterocycles. The molecule has 0 fully saturated rings. The molecule has 7 nitrogen and oxygen atoms in total. The van der Waals surface area contributed by atoms with Crippen molar-refractivity contribution in [3.05, 3.63) is 70.6 Å². The molecule has 0 saturated heterocycles. The summed E-state index contributed by atoms with van der Waals surface area (Å²) >= 11 is 6.28. The highest BCUT2D eigenvalue weighted by atomic mass is 35.5. The van der Waals surface area contributed by atoms with E-state index >= 15 is 0 Å². The van der Waals surface area contributed by atoms with Gasteiger partial charge in [0.1, 0.15) is 6.04 Å². The maximum absolute atomic E-state index is 12.1. The molecule has 1 aromatic carbocycles. The fraction of sp³-hybridized carbons (Fsp3) is 0.111. The maximum atomic E-state index is 12.1. The molecular formula is C18H15ClN6O. The van der Waals surface area contributed by atoms with Crippen molar-refractivity contribution in [2.45, 2.75) is 13.0 Å². The number of aromatic nitrogens is 4. The number of nitrogens with two attached hydrogens (primary N) is 1. The number of allylic oxidation sites excluding steroid dienone is 1. The van der Waals surface area contributed by atoms with Gasteiger partial charge in [-0.05, 0) is 30.7 Å². The zero-order chi connectivity index (χ0) is 18.3. The summed E-state index contributed by atoms with van der Waals surface area (Å²) in [5, 5.41) is 8.25. The Bertz CT molecular complexity index is 1030. The fourth-order valence-corrected chi connectivity index (χ4v) is 3.29. The lowest BCUT2D eigenvalue weighted by atomic mass is 9.97. The standard InChI is InChI=1S/C18H15ClN6O/c1-10-14(16(20)26)15(11-5-4-8-21-9-11)25-18(22-10)23-17(24-25)12-6-2-3-7-13(12)19/h2-9,15H,1H3,(H2,20,26)(H,22,23,24)/t15-/m0/s1. The fourth-order valence-electron chi connectivity index (χ4n) is 3.07. The lowest BCUT2D eigenvalue weighted by Crippen LogP contribution is -2.31. The summed E-state index contributed by atoms with van der Waals surface area (Å²) in [6, 6.07) is 10.5. The third-order valence-electron chi connectivity index (χ3n) is 4.23. The van der Waals surface area contributed by atoms with Gasteiger partial charge in [0.05, 0.1) is 10.6 Å². The molecule has 0 radical (unpaired) electrons. The van der Waals surface area contributed by atoms with Gasteiger partial charge in [-0.25, -0.2) is 4.68 Å². The minimum absolute atomic E-state index is 0.418. The topological polar surface area (TPSA) is 98.7 Å². The number of anilines is 1. The molecule has 26 heavy (non-hydrogen) atoms. The molecule has 1 atom stereocenters. The van der Waals surface area contributed by atoms with Gasteiger partial charge in [0.15, 0.2) is 5.82 Å². The number of nitrogens with zero attached hydrogens (tertiary/aromatic N) is 4. The smallest absolute Gasteiger partial charge is 0.248 e. The summed E-state index contributed by atoms with van der Waals surface area (Å²) in [6.07, 6.45) is 3.36. The van der Waals surface area contributed by atoms with Crippen LogP contribution >= 0.6 is 11.6 Å². The molecule has 2 aromatic heterocycles. The van der Waals surface area contributed by atoms with Crippen LogP contribution in [0.5, 0.6) is 0 Å². The summed E-state index contributed by atoms with van der Waals surface area (Å²) in [4.78, 5) is 20.8. The average Bonchev–Trinajstić information content (AvgIpc) is 3.04. The van der Waals surface area contributed by atoms with Gasteiger partial charge in [-0.1, -0.05) is 29.8 Å². The number of fused-ring (bicyclic) bond motifs is 1. The van der Waals surface area contributed by atoms with Gasteiger partial charge in [-0.3, -0.25) is 9.78 Å². The first kappa shape index (κ1) is 16.3. The first-order valence-electron chi connectivity index (χ1n) is 7.95. The van der Waals surface area contributed by atoms with Crippen molar-refractivity contribution >= 4 is 23.5 Å². The molecule has 130 valence electrons. The number of carbonyl (C=O) groups is 1. The van der Waals surface area contributed by atoms with Crippen LogP contribution in [-0.2, 0) is 4.79 Å². The van der Waals surface area contributed by atoms with E-state index in [0.29, 0.717) is 33.6 Å². The van der Waals surface area contributed by atoms with E-state index in [9.17, 15) is 4.79 Å². The SMILES string of the molecule is CC1=C(C(N)=O)[C@H](c2cccnc2)n2nc(-c3ccccc3Cl)nc2N1. The molecule has 0 spiro atoms. The summed E-state index contributed by atoms with van der Waals surface area (Å²) in [5.41, 5.74) is 8.20. The molecule has 1 amide bonds. The van der Waals surface area contributed by atoms with Crippen LogP contribution in [0.25, 0.3) is 11.4 Å². The molecule has 0 aliphatic carbocycles. The van der Waals surface area contributed by atoms with Crippen LogP contribution < -0.4 is 11.1 Å². The highest BCUT2D eigenvalue weighted by Crippen LogP contribution is 2.36. The van der Waals surface area contributed by atoms with Crippen LogP contribution in [0.1, 0.15) is 18.5 Å². The van der Waals surface area contributed by atoms with E-state index < -0.39 is 11.9 Å². The number of primary amides is 1. The Morgan fingerprint density at radius 3 is 2.77 bits per heavy atom. The average molecular weight is 367 g/mol. The number of rotatable bonds is 3. The second kappa shape index (κ2) is 6.27. The summed E-state index contributed by atoms with van der Waals surface area (Å²) in [6.45, 7) is 1.79. The van der Waals surface area contributed by atoms with Crippen molar-refractivity contribution in [2.75, 3.05) is 5.32 Å². The van der Waals surface area contributed by atoms with Crippen LogP contribution in [0.2, 0.25) is 5.02 Å². The van der Waals surface area contributed by atoms with Crippen LogP contribution in [0, 0.1) is 0 Å². The molecular weight excluding hydrogens is 352 g/mol. The van der Waals surface area contributed by atoms with E-state index in [0.717, 1.165) is 5.56 Å². The van der Waals surface area contributed by atoms with Crippen LogP contribution in [-0.4, -0.2) is 25.7 Å². The molecule has 8 heteroatoms. The number of hydrogen-bond donors (Lipinski definition) is 2. The van der Waals surface area contributed by atoms with Gasteiger partial charge in [0, 0.05) is 23.7 Å². The Balaban J connectivity index is 1.90. The van der Waals surface area contributed by atoms with Crippen molar-refractivity contribution in [3.63, 3.8) is 0 Å². The molecule has 1 aliphatic heterocycles. The minimum atomic E-state index is -0.524. The van der Waals surface area contributed by atoms with Gasteiger partial charge < -0.3 is 11.1 Å². The number of carbonyl (C=O) groups excluding carboxylic acids is 1. The molecule has 3 aromatic rings. The van der Waals surface area contributed by atoms with Crippen LogP contribution in [0.4, 0.5) is 5.95 Å². The predicted molar refractivity (Wildman–Crippen MR) is 98.4 cm³/mol. The van der Waals surface area contributed by atoms with E-state index in [1.165, 1.54) is 0 Å². The lowest BCUT2D eigenvalue weighted by molar-refractivity contribution is -0.115. The predicted octanol–water partition coefficient (Wildman–Crippen LogP) is 2.77. The molecule has 3 N–H and O–H groups in total. The number of hydrogen-bond acceptors (Lipinski definition) is 5. The highest BCUT2D eigenvalue weighted by molar-refractivity contribution is 6.33. The molecule has 1 aliphatic rings. The normalized spacial score (nSPS) is 16.2. The van der Waals surface area contributed by atoms with Crippen molar-refractivity contribution in [2.24, 2.45) is 5.73 Å². The van der Waals surface area contributed by atoms with Gasteiger partial charge in [0.25, 0.3) is 0 Å². The van der Waals surface area contributed by atoms with Gasteiger partial charge >= 0.3 is 0 Å². The number of benzene rings is 1. The lowest BCUT2D eigenvalue weighted by Gasteiger charge is -2.27. The summed E-state index contributed by atoms with van der Waals surface area (Å²) in [7, 11) is 0. The minimum Gasteiger partial charge on any atom is -0.366 e. The third kappa shape index (κ3) is 2.62. The molecule has 0 unspecified atom stereocenters. The van der Waals surface area contributed by atoms with Crippen LogP contribution in [0.15, 0.2) is 60.1 Å². The molecule has 0 saturated carbocycles. The zero-order valence-corrected chi connectivity index (χ0v) is 14.6. The number of pyridine rings is 1. The van der Waals surface area contributed by atoms with Gasteiger partial charge in [-0.15, -0.1) is 5.10 Å². The Morgan fingerprint density at radius 2 is 2.08 bits per heavy atom. The monoisotopic (exact) mass is 366 g/mol. The van der Waals surface area contributed by atoms with Crippen molar-refractivity contribution < 1.29 is 4.79 Å². The second-order valence-electron chi connectivity index (χ2n) is 5.90. The largest absolute Gasteiger partial charge is 0.366 e. The first-order valence-corrected chi connectivity index (χ1v) is 8.33. The second-order valence-corrected chi connectivity index (χ2v) is 6.31. The zero-order valence-electron chi connectivity index (χ0n) is 13.8. The Kier molecular flexibility index (Phi) is 3.93.